The lowest BCUT2D eigenvalue weighted by Crippen LogP contribution is -2.52. The van der Waals surface area contributed by atoms with Crippen LogP contribution in [0.25, 0.3) is 0 Å². The summed E-state index contributed by atoms with van der Waals surface area (Å²) in [7, 11) is 0. The molecule has 0 aliphatic carbocycles. The zero-order valence-electron chi connectivity index (χ0n) is 11.8. The van der Waals surface area contributed by atoms with Gasteiger partial charge in [-0.3, -0.25) is 4.79 Å². The van der Waals surface area contributed by atoms with E-state index in [-0.39, 0.29) is 31.0 Å². The van der Waals surface area contributed by atoms with Gasteiger partial charge in [-0.15, -0.1) is 12.4 Å². The highest BCUT2D eigenvalue weighted by atomic mass is 35.5. The average molecular weight is 299 g/mol. The van der Waals surface area contributed by atoms with Crippen molar-refractivity contribution < 1.29 is 9.53 Å². The second-order valence-corrected chi connectivity index (χ2v) is 5.04. The first-order valence-corrected chi connectivity index (χ1v) is 6.90. The highest BCUT2D eigenvalue weighted by Crippen LogP contribution is 2.08. The Hall–Kier alpha value is -1.10. The molecule has 2 unspecified atom stereocenters. The summed E-state index contributed by atoms with van der Waals surface area (Å²) in [6.07, 6.45) is 2.15. The van der Waals surface area contributed by atoms with Crippen molar-refractivity contribution in [1.29, 1.82) is 0 Å². The van der Waals surface area contributed by atoms with Crippen LogP contribution < -0.4 is 10.6 Å². The van der Waals surface area contributed by atoms with Crippen molar-refractivity contribution in [2.45, 2.75) is 38.5 Å². The van der Waals surface area contributed by atoms with Gasteiger partial charge in [0.2, 0.25) is 5.91 Å². The van der Waals surface area contributed by atoms with E-state index in [0.717, 1.165) is 24.9 Å². The molecule has 1 saturated heterocycles. The molecule has 0 aromatic heterocycles. The third-order valence-corrected chi connectivity index (χ3v) is 3.45. The summed E-state index contributed by atoms with van der Waals surface area (Å²) in [4.78, 5) is 11.8. The van der Waals surface area contributed by atoms with Crippen LogP contribution in [0.1, 0.15) is 25.3 Å². The molecule has 2 N–H and O–H groups in total. The third kappa shape index (κ3) is 5.49. The maximum atomic E-state index is 11.8. The molecule has 112 valence electrons. The topological polar surface area (TPSA) is 50.4 Å². The molecule has 20 heavy (non-hydrogen) atoms. The lowest BCUT2D eigenvalue weighted by atomic mass is 10.00. The van der Waals surface area contributed by atoms with Gasteiger partial charge >= 0.3 is 0 Å². The van der Waals surface area contributed by atoms with Crippen LogP contribution in [0.5, 0.6) is 0 Å². The Kier molecular flexibility index (Phi) is 7.59. The van der Waals surface area contributed by atoms with Crippen molar-refractivity contribution in [2.24, 2.45) is 0 Å². The largest absolute Gasteiger partial charge is 0.367 e. The van der Waals surface area contributed by atoms with Gasteiger partial charge < -0.3 is 15.4 Å². The van der Waals surface area contributed by atoms with Crippen molar-refractivity contribution in [3.8, 4) is 0 Å². The quantitative estimate of drug-likeness (QED) is 0.873. The van der Waals surface area contributed by atoms with Gasteiger partial charge in [0.15, 0.2) is 0 Å². The summed E-state index contributed by atoms with van der Waals surface area (Å²) in [5.74, 6) is -0.0310. The van der Waals surface area contributed by atoms with E-state index in [9.17, 15) is 4.79 Å². The zero-order chi connectivity index (χ0) is 13.5. The maximum Gasteiger partial charge on any atom is 0.246 e. The standard InChI is InChI=1S/C15H22N2O2.ClH/c1-12-14(8-5-9-16-12)17-15(18)11-19-10-13-6-3-2-4-7-13;/h2-4,6-7,12,14,16H,5,8-11H2,1H3,(H,17,18);1H. The van der Waals surface area contributed by atoms with Gasteiger partial charge in [-0.05, 0) is 31.9 Å². The minimum atomic E-state index is -0.0310. The first-order chi connectivity index (χ1) is 9.25. The molecule has 1 aromatic rings. The van der Waals surface area contributed by atoms with Gasteiger partial charge in [0.1, 0.15) is 6.61 Å². The van der Waals surface area contributed by atoms with Crippen molar-refractivity contribution >= 4 is 18.3 Å². The second-order valence-electron chi connectivity index (χ2n) is 5.04. The Balaban J connectivity index is 0.00000200. The van der Waals surface area contributed by atoms with Crippen molar-refractivity contribution in [3.05, 3.63) is 35.9 Å². The number of halogens is 1. The van der Waals surface area contributed by atoms with E-state index >= 15 is 0 Å². The number of nitrogens with one attached hydrogen (secondary N) is 2. The van der Waals surface area contributed by atoms with E-state index in [1.807, 2.05) is 30.3 Å². The Morgan fingerprint density at radius 2 is 2.15 bits per heavy atom. The molecule has 0 radical (unpaired) electrons. The molecular weight excluding hydrogens is 276 g/mol. The first-order valence-electron chi connectivity index (χ1n) is 6.90. The van der Waals surface area contributed by atoms with Crippen LogP contribution in [0.15, 0.2) is 30.3 Å². The SMILES string of the molecule is CC1NCCCC1NC(=O)COCc1ccccc1.Cl. The molecule has 1 amide bonds. The normalized spacial score (nSPS) is 21.9. The van der Waals surface area contributed by atoms with Crippen LogP contribution in [0, 0.1) is 0 Å². The molecule has 5 heteroatoms. The summed E-state index contributed by atoms with van der Waals surface area (Å²) >= 11 is 0. The highest BCUT2D eigenvalue weighted by molar-refractivity contribution is 5.85. The second kappa shape index (κ2) is 8.95. The van der Waals surface area contributed by atoms with Crippen LogP contribution in [-0.4, -0.2) is 31.1 Å². The van der Waals surface area contributed by atoms with Crippen LogP contribution in [0.3, 0.4) is 0 Å². The number of hydrogen-bond donors (Lipinski definition) is 2. The molecule has 1 aromatic carbocycles. The first kappa shape index (κ1) is 17.0. The Labute approximate surface area is 126 Å². The minimum Gasteiger partial charge on any atom is -0.367 e. The minimum absolute atomic E-state index is 0. The van der Waals surface area contributed by atoms with Gasteiger partial charge in [0.25, 0.3) is 0 Å². The van der Waals surface area contributed by atoms with Crippen LogP contribution in [0.2, 0.25) is 0 Å². The monoisotopic (exact) mass is 298 g/mol. The van der Waals surface area contributed by atoms with E-state index in [4.69, 9.17) is 4.74 Å². The van der Waals surface area contributed by atoms with Gasteiger partial charge in [-0.1, -0.05) is 30.3 Å². The number of benzene rings is 1. The fourth-order valence-corrected chi connectivity index (χ4v) is 2.33. The third-order valence-electron chi connectivity index (χ3n) is 3.45. The summed E-state index contributed by atoms with van der Waals surface area (Å²) in [5.41, 5.74) is 1.09. The molecule has 1 aliphatic heterocycles. The molecular formula is C15H23ClN2O2. The summed E-state index contributed by atoms with van der Waals surface area (Å²) in [6.45, 7) is 3.75. The number of carbonyl (C=O) groups excluding carboxylic acids is 1. The van der Waals surface area contributed by atoms with Crippen LogP contribution >= 0.6 is 12.4 Å². The van der Waals surface area contributed by atoms with Crippen LogP contribution in [0.4, 0.5) is 0 Å². The number of hydrogen-bond acceptors (Lipinski definition) is 3. The molecule has 1 fully saturated rings. The van der Waals surface area contributed by atoms with Gasteiger partial charge in [0.05, 0.1) is 6.61 Å². The Morgan fingerprint density at radius 1 is 1.40 bits per heavy atom. The molecule has 2 rings (SSSR count). The molecule has 0 bridgehead atoms. The van der Waals surface area contributed by atoms with E-state index < -0.39 is 0 Å². The molecule has 2 atom stereocenters. The van der Waals surface area contributed by atoms with Gasteiger partial charge in [-0.2, -0.15) is 0 Å². The fraction of sp³-hybridized carbons (Fsp3) is 0.533. The maximum absolute atomic E-state index is 11.8. The van der Waals surface area contributed by atoms with E-state index in [2.05, 4.69) is 17.6 Å². The zero-order valence-corrected chi connectivity index (χ0v) is 12.6. The van der Waals surface area contributed by atoms with Crippen molar-refractivity contribution in [3.63, 3.8) is 0 Å². The summed E-state index contributed by atoms with van der Waals surface area (Å²) in [6, 6.07) is 10.4. The number of piperidine rings is 1. The molecule has 0 saturated carbocycles. The lowest BCUT2D eigenvalue weighted by molar-refractivity contribution is -0.127. The van der Waals surface area contributed by atoms with Gasteiger partial charge in [0, 0.05) is 12.1 Å². The van der Waals surface area contributed by atoms with E-state index in [1.54, 1.807) is 0 Å². The smallest absolute Gasteiger partial charge is 0.246 e. The molecule has 1 aliphatic rings. The summed E-state index contributed by atoms with van der Waals surface area (Å²) in [5, 5.41) is 6.39. The number of carbonyl (C=O) groups is 1. The fourth-order valence-electron chi connectivity index (χ4n) is 2.33. The van der Waals surface area contributed by atoms with E-state index in [1.165, 1.54) is 0 Å². The average Bonchev–Trinajstić information content (AvgIpc) is 2.43. The number of amides is 1. The molecule has 0 spiro atoms. The van der Waals surface area contributed by atoms with Gasteiger partial charge in [-0.25, -0.2) is 0 Å². The summed E-state index contributed by atoms with van der Waals surface area (Å²) < 4.78 is 5.43. The number of rotatable bonds is 5. The highest BCUT2D eigenvalue weighted by Gasteiger charge is 2.22. The predicted octanol–water partition coefficient (Wildman–Crippen LogP) is 1.88. The molecule has 4 nitrogen and oxygen atoms in total. The van der Waals surface area contributed by atoms with Crippen molar-refractivity contribution in [2.75, 3.05) is 13.2 Å². The lowest BCUT2D eigenvalue weighted by Gasteiger charge is -2.30. The van der Waals surface area contributed by atoms with Crippen LogP contribution in [-0.2, 0) is 16.1 Å². The van der Waals surface area contributed by atoms with Crippen molar-refractivity contribution in [1.82, 2.24) is 10.6 Å². The molecule has 1 heterocycles. The Morgan fingerprint density at radius 3 is 2.85 bits per heavy atom. The predicted molar refractivity (Wildman–Crippen MR) is 82.0 cm³/mol. The number of ether oxygens (including phenoxy) is 1. The Bertz CT molecular complexity index is 400. The van der Waals surface area contributed by atoms with E-state index in [0.29, 0.717) is 12.6 Å².